The molecule has 220 valence electrons. The molecule has 4 heteroatoms. The van der Waals surface area contributed by atoms with Gasteiger partial charge in [0.1, 0.15) is 24.7 Å². The number of ether oxygens (including phenoxy) is 2. The van der Waals surface area contributed by atoms with E-state index in [-0.39, 0.29) is 53.5 Å². The van der Waals surface area contributed by atoms with Gasteiger partial charge in [0.15, 0.2) is 0 Å². The number of hydrogen-bond acceptors (Lipinski definition) is 4. The van der Waals surface area contributed by atoms with Crippen LogP contribution in [0.15, 0.2) is 24.3 Å². The second-order valence-electron chi connectivity index (χ2n) is 15.6. The molecule has 2 aromatic carbocycles. The molecule has 2 N–H and O–H groups in total. The molecule has 0 saturated carbocycles. The van der Waals surface area contributed by atoms with Crippen molar-refractivity contribution in [3.05, 3.63) is 57.6 Å². The Labute approximate surface area is 239 Å². The fourth-order valence-electron chi connectivity index (χ4n) is 4.98. The van der Waals surface area contributed by atoms with Crippen molar-refractivity contribution in [3.8, 4) is 11.5 Å². The fourth-order valence-corrected chi connectivity index (χ4v) is 4.98. The van der Waals surface area contributed by atoms with Gasteiger partial charge in [-0.2, -0.15) is 0 Å². The quantitative estimate of drug-likeness (QED) is 0.357. The Balaban J connectivity index is 2.99. The minimum atomic E-state index is -0.314. The van der Waals surface area contributed by atoms with Gasteiger partial charge in [-0.05, 0) is 32.8 Å². The van der Waals surface area contributed by atoms with Crippen LogP contribution in [0.25, 0.3) is 0 Å². The summed E-state index contributed by atoms with van der Waals surface area (Å²) in [6.45, 7) is 31.8. The number of benzene rings is 2. The normalized spacial score (nSPS) is 13.5. The predicted molar refractivity (Wildman–Crippen MR) is 165 cm³/mol. The van der Waals surface area contributed by atoms with Crippen LogP contribution in [0.3, 0.4) is 0 Å². The molecule has 4 nitrogen and oxygen atoms in total. The van der Waals surface area contributed by atoms with Crippen molar-refractivity contribution in [1.82, 2.24) is 0 Å². The van der Waals surface area contributed by atoms with Gasteiger partial charge in [0.2, 0.25) is 0 Å². The van der Waals surface area contributed by atoms with Crippen LogP contribution in [-0.4, -0.2) is 36.6 Å². The van der Waals surface area contributed by atoms with E-state index in [2.05, 4.69) is 121 Å². The van der Waals surface area contributed by atoms with E-state index >= 15 is 0 Å². The molecule has 0 bridgehead atoms. The molecular formula is C35H56O4. The zero-order chi connectivity index (χ0) is 30.2. The van der Waals surface area contributed by atoms with E-state index in [1.54, 1.807) is 0 Å². The molecule has 0 aromatic heterocycles. The van der Waals surface area contributed by atoms with Gasteiger partial charge in [0, 0.05) is 27.7 Å². The lowest BCUT2D eigenvalue weighted by atomic mass is 9.69. The van der Waals surface area contributed by atoms with Crippen molar-refractivity contribution in [1.29, 1.82) is 0 Å². The molecule has 0 amide bonds. The summed E-state index contributed by atoms with van der Waals surface area (Å²) in [4.78, 5) is 0. The minimum Gasteiger partial charge on any atom is -0.491 e. The third-order valence-corrected chi connectivity index (χ3v) is 7.53. The zero-order valence-corrected chi connectivity index (χ0v) is 27.3. The highest BCUT2D eigenvalue weighted by Crippen LogP contribution is 2.47. The molecule has 2 aromatic rings. The van der Waals surface area contributed by atoms with E-state index in [9.17, 15) is 10.2 Å². The third-order valence-electron chi connectivity index (χ3n) is 7.53. The van der Waals surface area contributed by atoms with Gasteiger partial charge in [-0.1, -0.05) is 121 Å². The second-order valence-corrected chi connectivity index (χ2v) is 15.6. The Morgan fingerprint density at radius 1 is 0.462 bits per heavy atom. The van der Waals surface area contributed by atoms with Crippen LogP contribution in [0, 0.1) is 0 Å². The Morgan fingerprint density at radius 2 is 0.692 bits per heavy atom. The molecular weight excluding hydrogens is 484 g/mol. The Bertz CT molecular complexity index is 970. The van der Waals surface area contributed by atoms with Crippen LogP contribution in [-0.2, 0) is 27.1 Å². The lowest BCUT2D eigenvalue weighted by Crippen LogP contribution is -2.27. The topological polar surface area (TPSA) is 58.9 Å². The number of aliphatic hydroxyl groups excluding tert-OH is 2. The summed E-state index contributed by atoms with van der Waals surface area (Å²) in [7, 11) is 0. The maximum absolute atomic E-state index is 9.56. The predicted octanol–water partition coefficient (Wildman–Crippen LogP) is 7.94. The van der Waals surface area contributed by atoms with Gasteiger partial charge < -0.3 is 19.7 Å². The van der Waals surface area contributed by atoms with Crippen molar-refractivity contribution < 1.29 is 19.7 Å². The van der Waals surface area contributed by atoms with E-state index in [0.29, 0.717) is 0 Å². The lowest BCUT2D eigenvalue weighted by molar-refractivity contribution is 0.196. The van der Waals surface area contributed by atoms with Crippen LogP contribution >= 0.6 is 0 Å². The van der Waals surface area contributed by atoms with Gasteiger partial charge in [0.05, 0.1) is 13.2 Å². The second kappa shape index (κ2) is 11.4. The first-order chi connectivity index (χ1) is 17.6. The number of rotatable bonds is 8. The first-order valence-electron chi connectivity index (χ1n) is 14.4. The summed E-state index contributed by atoms with van der Waals surface area (Å²) >= 11 is 0. The van der Waals surface area contributed by atoms with Crippen LogP contribution in [0.4, 0.5) is 0 Å². The summed E-state index contributed by atoms with van der Waals surface area (Å²) in [6.07, 6.45) is 0. The molecule has 0 saturated heterocycles. The highest BCUT2D eigenvalue weighted by Gasteiger charge is 2.35. The first-order valence-corrected chi connectivity index (χ1v) is 14.4. The van der Waals surface area contributed by atoms with Gasteiger partial charge in [0.25, 0.3) is 0 Å². The molecule has 0 aliphatic rings. The first kappa shape index (κ1) is 33.2. The molecule has 0 radical (unpaired) electrons. The fraction of sp³-hybridized carbons (Fsp3) is 0.657. The standard InChI is InChI=1S/C35H56O4/c1-31(2,3)25-19-23(20-26(32(4,5)6)29(25)38-17-15-36)35(13,14)24-21-27(33(7,8)9)30(39-18-16-37)28(22-24)34(10,11)12/h19-22,36-37H,15-18H2,1-14H3. The molecule has 0 fully saturated rings. The smallest absolute Gasteiger partial charge is 0.126 e. The highest BCUT2D eigenvalue weighted by molar-refractivity contribution is 5.57. The average Bonchev–Trinajstić information content (AvgIpc) is 2.77. The van der Waals surface area contributed by atoms with Crippen molar-refractivity contribution in [3.63, 3.8) is 0 Å². The summed E-state index contributed by atoms with van der Waals surface area (Å²) in [5.41, 5.74) is 6.18. The maximum Gasteiger partial charge on any atom is 0.126 e. The SMILES string of the molecule is CC(C)(C)c1cc(C(C)(C)c2cc(C(C)(C)C)c(OCCO)c(C(C)(C)C)c2)cc(C(C)(C)C)c1OCCO. The molecule has 39 heavy (non-hydrogen) atoms. The summed E-state index contributed by atoms with van der Waals surface area (Å²) in [5.74, 6) is 1.78. The number of hydrogen-bond donors (Lipinski definition) is 2. The summed E-state index contributed by atoms with van der Waals surface area (Å²) in [6, 6.07) is 9.24. The lowest BCUT2D eigenvalue weighted by Gasteiger charge is -2.37. The van der Waals surface area contributed by atoms with Crippen LogP contribution in [0.1, 0.15) is 130 Å². The molecule has 2 rings (SSSR count). The van der Waals surface area contributed by atoms with Crippen molar-refractivity contribution in [2.75, 3.05) is 26.4 Å². The number of aliphatic hydroxyl groups is 2. The van der Waals surface area contributed by atoms with Gasteiger partial charge in [-0.15, -0.1) is 0 Å². The minimum absolute atomic E-state index is 0.0176. The average molecular weight is 541 g/mol. The molecule has 0 unspecified atom stereocenters. The van der Waals surface area contributed by atoms with Gasteiger partial charge in [-0.3, -0.25) is 0 Å². The van der Waals surface area contributed by atoms with Crippen molar-refractivity contribution >= 4 is 0 Å². The third kappa shape index (κ3) is 7.58. The van der Waals surface area contributed by atoms with E-state index in [4.69, 9.17) is 9.47 Å². The van der Waals surface area contributed by atoms with Crippen LogP contribution in [0.5, 0.6) is 11.5 Å². The van der Waals surface area contributed by atoms with Gasteiger partial charge in [-0.25, -0.2) is 0 Å². The van der Waals surface area contributed by atoms with Gasteiger partial charge >= 0.3 is 0 Å². The van der Waals surface area contributed by atoms with Crippen LogP contribution < -0.4 is 9.47 Å². The maximum atomic E-state index is 9.56. The Kier molecular flexibility index (Phi) is 9.74. The zero-order valence-electron chi connectivity index (χ0n) is 27.3. The summed E-state index contributed by atoms with van der Waals surface area (Å²) < 4.78 is 12.5. The monoisotopic (exact) mass is 540 g/mol. The molecule has 0 spiro atoms. The van der Waals surface area contributed by atoms with Crippen LogP contribution in [0.2, 0.25) is 0 Å². The van der Waals surface area contributed by atoms with E-state index < -0.39 is 0 Å². The highest BCUT2D eigenvalue weighted by atomic mass is 16.5. The van der Waals surface area contributed by atoms with Crippen molar-refractivity contribution in [2.24, 2.45) is 0 Å². The molecule has 0 heterocycles. The van der Waals surface area contributed by atoms with Crippen molar-refractivity contribution in [2.45, 2.75) is 124 Å². The summed E-state index contributed by atoms with van der Waals surface area (Å²) in [5, 5.41) is 19.1. The Morgan fingerprint density at radius 3 is 0.872 bits per heavy atom. The van der Waals surface area contributed by atoms with E-state index in [1.165, 1.54) is 11.1 Å². The largest absolute Gasteiger partial charge is 0.491 e. The molecule has 0 aliphatic heterocycles. The Hall–Kier alpha value is -2.04. The molecule has 0 aliphatic carbocycles. The van der Waals surface area contributed by atoms with E-state index in [1.807, 2.05) is 0 Å². The molecule has 0 atom stereocenters. The van der Waals surface area contributed by atoms with E-state index in [0.717, 1.165) is 33.8 Å².